The average Bonchev–Trinajstić information content (AvgIpc) is 3.36. The molecule has 0 saturated carbocycles. The smallest absolute Gasteiger partial charge is 0.338 e. The van der Waals surface area contributed by atoms with Crippen molar-refractivity contribution >= 4 is 33.9 Å². The summed E-state index contributed by atoms with van der Waals surface area (Å²) in [6.07, 6.45) is 0. The van der Waals surface area contributed by atoms with E-state index in [4.69, 9.17) is 9.47 Å². The molecule has 170 valence electrons. The second kappa shape index (κ2) is 10.5. The second-order valence-electron chi connectivity index (χ2n) is 7.53. The zero-order chi connectivity index (χ0) is 23.2. The number of phenolic OH excluding ortho intramolecular Hbond substituents is 1. The monoisotopic (exact) mass is 462 g/mol. The van der Waals surface area contributed by atoms with Crippen LogP contribution in [0.4, 0.5) is 5.69 Å². The molecule has 0 aliphatic rings. The Morgan fingerprint density at radius 3 is 2.76 bits per heavy atom. The number of aromatic nitrogens is 1. The highest BCUT2D eigenvalue weighted by Crippen LogP contribution is 2.38. The number of nitrogens with one attached hydrogen (secondary N) is 1. The summed E-state index contributed by atoms with van der Waals surface area (Å²) in [6, 6.07) is 18.6. The molecule has 6 nitrogen and oxygen atoms in total. The van der Waals surface area contributed by atoms with Gasteiger partial charge in [0.25, 0.3) is 0 Å². The van der Waals surface area contributed by atoms with Gasteiger partial charge in [0.15, 0.2) is 0 Å². The summed E-state index contributed by atoms with van der Waals surface area (Å²) in [4.78, 5) is 18.0. The molecule has 2 N–H and O–H groups in total. The molecule has 0 spiro atoms. The minimum atomic E-state index is -0.403. The van der Waals surface area contributed by atoms with E-state index in [0.29, 0.717) is 29.9 Å². The number of pyridine rings is 1. The average molecular weight is 463 g/mol. The summed E-state index contributed by atoms with van der Waals surface area (Å²) in [5.41, 5.74) is 3.31. The van der Waals surface area contributed by atoms with Crippen LogP contribution in [0.5, 0.6) is 5.75 Å². The number of ether oxygens (including phenoxy) is 2. The van der Waals surface area contributed by atoms with Gasteiger partial charge in [0.2, 0.25) is 0 Å². The molecule has 0 amide bonds. The molecule has 0 aliphatic carbocycles. The van der Waals surface area contributed by atoms with Crippen LogP contribution in [0.2, 0.25) is 0 Å². The number of hydrogen-bond donors (Lipinski definition) is 2. The highest BCUT2D eigenvalue weighted by molar-refractivity contribution is 7.10. The van der Waals surface area contributed by atoms with Gasteiger partial charge in [0.1, 0.15) is 17.9 Å². The number of fused-ring (bicyclic) bond motifs is 1. The van der Waals surface area contributed by atoms with Crippen LogP contribution in [0.1, 0.15) is 39.5 Å². The number of carbonyl (C=O) groups is 1. The molecule has 2 heterocycles. The Labute approximate surface area is 196 Å². The predicted molar refractivity (Wildman–Crippen MR) is 131 cm³/mol. The Kier molecular flexibility index (Phi) is 7.22. The maximum Gasteiger partial charge on any atom is 0.338 e. The van der Waals surface area contributed by atoms with Gasteiger partial charge in [0, 0.05) is 33.8 Å². The van der Waals surface area contributed by atoms with Gasteiger partial charge in [-0.2, -0.15) is 0 Å². The molecule has 1 atom stereocenters. The SMILES string of the molecule is CCOCCOC(=O)c1cccc(NC(c2cccs2)c2ccc3ccc(C)nc3c2O)c1. The van der Waals surface area contributed by atoms with Crippen molar-refractivity contribution in [3.8, 4) is 5.75 Å². The van der Waals surface area contributed by atoms with Crippen molar-refractivity contribution in [1.29, 1.82) is 0 Å². The zero-order valence-corrected chi connectivity index (χ0v) is 19.4. The van der Waals surface area contributed by atoms with Crippen molar-refractivity contribution in [2.24, 2.45) is 0 Å². The van der Waals surface area contributed by atoms with Crippen LogP contribution in [-0.4, -0.2) is 35.9 Å². The Bertz CT molecular complexity index is 1240. The number of aromatic hydroxyl groups is 1. The lowest BCUT2D eigenvalue weighted by atomic mass is 10.0. The van der Waals surface area contributed by atoms with E-state index in [2.05, 4.69) is 10.3 Å². The molecule has 4 rings (SSSR count). The van der Waals surface area contributed by atoms with Crippen LogP contribution in [0.15, 0.2) is 66.0 Å². The third-order valence-corrected chi connectivity index (χ3v) is 6.16. The Hall–Kier alpha value is -3.42. The topological polar surface area (TPSA) is 80.7 Å². The van der Waals surface area contributed by atoms with E-state index in [1.807, 2.05) is 61.7 Å². The van der Waals surface area contributed by atoms with Gasteiger partial charge in [-0.05, 0) is 49.6 Å². The third kappa shape index (κ3) is 5.32. The highest BCUT2D eigenvalue weighted by Gasteiger charge is 2.21. The van der Waals surface area contributed by atoms with Crippen LogP contribution in [-0.2, 0) is 9.47 Å². The minimum Gasteiger partial charge on any atom is -0.505 e. The first-order valence-electron chi connectivity index (χ1n) is 10.8. The van der Waals surface area contributed by atoms with Crippen LogP contribution < -0.4 is 5.32 Å². The lowest BCUT2D eigenvalue weighted by Crippen LogP contribution is -2.13. The van der Waals surface area contributed by atoms with Gasteiger partial charge in [-0.1, -0.05) is 30.3 Å². The quantitative estimate of drug-likeness (QED) is 0.245. The van der Waals surface area contributed by atoms with E-state index >= 15 is 0 Å². The maximum atomic E-state index is 12.4. The van der Waals surface area contributed by atoms with E-state index in [9.17, 15) is 9.90 Å². The number of phenols is 1. The largest absolute Gasteiger partial charge is 0.505 e. The van der Waals surface area contributed by atoms with Gasteiger partial charge < -0.3 is 19.9 Å². The minimum absolute atomic E-state index is 0.147. The first kappa shape index (κ1) is 22.8. The van der Waals surface area contributed by atoms with Crippen LogP contribution in [0, 0.1) is 6.92 Å². The van der Waals surface area contributed by atoms with Crippen molar-refractivity contribution < 1.29 is 19.4 Å². The van der Waals surface area contributed by atoms with Gasteiger partial charge in [-0.25, -0.2) is 9.78 Å². The number of anilines is 1. The first-order valence-corrected chi connectivity index (χ1v) is 11.7. The van der Waals surface area contributed by atoms with Crippen molar-refractivity contribution in [1.82, 2.24) is 4.98 Å². The van der Waals surface area contributed by atoms with E-state index < -0.39 is 5.97 Å². The normalized spacial score (nSPS) is 11.9. The number of benzene rings is 2. The number of thiophene rings is 1. The van der Waals surface area contributed by atoms with Gasteiger partial charge in [0.05, 0.1) is 18.2 Å². The summed E-state index contributed by atoms with van der Waals surface area (Å²) in [5.74, 6) is -0.257. The second-order valence-corrected chi connectivity index (χ2v) is 8.51. The summed E-state index contributed by atoms with van der Waals surface area (Å²) in [5, 5.41) is 17.5. The third-order valence-electron chi connectivity index (χ3n) is 5.22. The van der Waals surface area contributed by atoms with E-state index in [1.54, 1.807) is 29.5 Å². The molecule has 7 heteroatoms. The standard InChI is InChI=1S/C26H26N2O4S/c1-3-31-13-14-32-26(30)19-6-4-7-20(16-19)28-24(22-8-5-15-33-22)21-12-11-18-10-9-17(2)27-23(18)25(21)29/h4-12,15-16,24,28-29H,3,13-14H2,1-2H3. The van der Waals surface area contributed by atoms with Crippen molar-refractivity contribution in [2.45, 2.75) is 19.9 Å². The summed E-state index contributed by atoms with van der Waals surface area (Å²) < 4.78 is 10.5. The number of carbonyl (C=O) groups excluding carboxylic acids is 1. The van der Waals surface area contributed by atoms with Crippen molar-refractivity contribution in [3.63, 3.8) is 0 Å². The molecule has 0 bridgehead atoms. The molecule has 0 radical (unpaired) electrons. The first-order chi connectivity index (χ1) is 16.1. The van der Waals surface area contributed by atoms with Crippen molar-refractivity contribution in [2.75, 3.05) is 25.1 Å². The van der Waals surface area contributed by atoms with Crippen LogP contribution in [0.3, 0.4) is 0 Å². The Morgan fingerprint density at radius 2 is 1.97 bits per heavy atom. The number of rotatable bonds is 9. The molecule has 0 saturated heterocycles. The van der Waals surface area contributed by atoms with E-state index in [0.717, 1.165) is 21.6 Å². The molecule has 4 aromatic rings. The Morgan fingerprint density at radius 1 is 1.12 bits per heavy atom. The number of hydrogen-bond acceptors (Lipinski definition) is 7. The molecule has 1 unspecified atom stereocenters. The highest BCUT2D eigenvalue weighted by atomic mass is 32.1. The fourth-order valence-corrected chi connectivity index (χ4v) is 4.39. The lowest BCUT2D eigenvalue weighted by Gasteiger charge is -2.21. The van der Waals surface area contributed by atoms with E-state index in [-0.39, 0.29) is 18.4 Å². The molecule has 0 fully saturated rings. The summed E-state index contributed by atoms with van der Waals surface area (Å²) in [7, 11) is 0. The number of aryl methyl sites for hydroxylation is 1. The zero-order valence-electron chi connectivity index (χ0n) is 18.6. The Balaban J connectivity index is 1.63. The summed E-state index contributed by atoms with van der Waals surface area (Å²) >= 11 is 1.59. The molecule has 2 aromatic heterocycles. The van der Waals surface area contributed by atoms with Crippen LogP contribution >= 0.6 is 11.3 Å². The number of esters is 1. The molecule has 33 heavy (non-hydrogen) atoms. The van der Waals surface area contributed by atoms with Gasteiger partial charge in [-0.15, -0.1) is 11.3 Å². The number of nitrogens with zero attached hydrogens (tertiary/aromatic N) is 1. The van der Waals surface area contributed by atoms with E-state index in [1.165, 1.54) is 0 Å². The lowest BCUT2D eigenvalue weighted by molar-refractivity contribution is 0.0335. The fourth-order valence-electron chi connectivity index (χ4n) is 3.60. The molecule has 2 aromatic carbocycles. The molecule has 0 aliphatic heterocycles. The predicted octanol–water partition coefficient (Wildman–Crippen LogP) is 5.71. The fraction of sp³-hybridized carbons (Fsp3) is 0.231. The van der Waals surface area contributed by atoms with Gasteiger partial charge >= 0.3 is 5.97 Å². The maximum absolute atomic E-state index is 12.4. The molecular weight excluding hydrogens is 436 g/mol. The van der Waals surface area contributed by atoms with Gasteiger partial charge in [-0.3, -0.25) is 0 Å². The molecular formula is C26H26N2O4S. The van der Waals surface area contributed by atoms with Crippen molar-refractivity contribution in [3.05, 3.63) is 87.7 Å². The summed E-state index contributed by atoms with van der Waals surface area (Å²) in [6.45, 7) is 4.96. The van der Waals surface area contributed by atoms with Crippen LogP contribution in [0.25, 0.3) is 10.9 Å².